The summed E-state index contributed by atoms with van der Waals surface area (Å²) in [6, 6.07) is 92.6. The molecule has 0 N–H and O–H groups in total. The Kier molecular flexibility index (Phi) is 9.20. The molecule has 0 atom stereocenters. The first-order chi connectivity index (χ1) is 31.7. The standard InChI is InChI=1S/C62H42N2/c1-3-13-43(14-4-1)44-25-27-45(28-26-44)46-29-35-52(36-30-46)63(54-19-11-16-50(41-54)56-22-12-23-57-55-20-8-7-15-48(55)33-39-58(56)57)53-37-31-47(32-38-53)49-34-40-62-60(42-49)59-21-9-10-24-61(59)64(62)51-17-5-2-6-18-51/h1-42H. The number of anilines is 3. The zero-order valence-corrected chi connectivity index (χ0v) is 35.1. The monoisotopic (exact) mass is 814 g/mol. The summed E-state index contributed by atoms with van der Waals surface area (Å²) >= 11 is 0. The summed E-state index contributed by atoms with van der Waals surface area (Å²) in [6.45, 7) is 0. The lowest BCUT2D eigenvalue weighted by atomic mass is 9.94. The van der Waals surface area contributed by atoms with Crippen LogP contribution in [0.15, 0.2) is 255 Å². The van der Waals surface area contributed by atoms with Crippen LogP contribution in [0, 0.1) is 0 Å². The van der Waals surface area contributed by atoms with Crippen LogP contribution in [0.3, 0.4) is 0 Å². The molecule has 11 aromatic carbocycles. The number of nitrogens with zero attached hydrogens (tertiary/aromatic N) is 2. The predicted molar refractivity (Wildman–Crippen MR) is 272 cm³/mol. The van der Waals surface area contributed by atoms with E-state index in [1.54, 1.807) is 0 Å². The molecule has 0 unspecified atom stereocenters. The smallest absolute Gasteiger partial charge is 0.0541 e. The summed E-state index contributed by atoms with van der Waals surface area (Å²) in [5.41, 5.74) is 16.4. The highest BCUT2D eigenvalue weighted by Gasteiger charge is 2.17. The van der Waals surface area contributed by atoms with Crippen molar-refractivity contribution in [2.45, 2.75) is 0 Å². The van der Waals surface area contributed by atoms with Crippen molar-refractivity contribution in [2.75, 3.05) is 4.90 Å². The van der Waals surface area contributed by atoms with E-state index < -0.39 is 0 Å². The molecular weight excluding hydrogens is 773 g/mol. The molecule has 300 valence electrons. The van der Waals surface area contributed by atoms with Crippen LogP contribution < -0.4 is 4.90 Å². The summed E-state index contributed by atoms with van der Waals surface area (Å²) in [5.74, 6) is 0. The summed E-state index contributed by atoms with van der Waals surface area (Å²) in [6.07, 6.45) is 0. The Labute approximate surface area is 373 Å². The van der Waals surface area contributed by atoms with Gasteiger partial charge in [-0.3, -0.25) is 0 Å². The van der Waals surface area contributed by atoms with Gasteiger partial charge in [0.15, 0.2) is 0 Å². The molecule has 0 aliphatic carbocycles. The van der Waals surface area contributed by atoms with E-state index in [2.05, 4.69) is 264 Å². The molecule has 64 heavy (non-hydrogen) atoms. The fourth-order valence-electron chi connectivity index (χ4n) is 9.65. The fraction of sp³-hybridized carbons (Fsp3) is 0. The minimum atomic E-state index is 1.09. The Morgan fingerprint density at radius 1 is 0.250 bits per heavy atom. The number of benzene rings is 11. The lowest BCUT2D eigenvalue weighted by molar-refractivity contribution is 1.18. The normalized spacial score (nSPS) is 11.4. The van der Waals surface area contributed by atoms with Crippen molar-refractivity contribution in [1.82, 2.24) is 4.57 Å². The molecule has 0 saturated heterocycles. The second-order valence-electron chi connectivity index (χ2n) is 16.5. The van der Waals surface area contributed by atoms with Crippen LogP contribution >= 0.6 is 0 Å². The first-order valence-corrected chi connectivity index (χ1v) is 22.0. The quantitative estimate of drug-likeness (QED) is 0.139. The highest BCUT2D eigenvalue weighted by Crippen LogP contribution is 2.41. The summed E-state index contributed by atoms with van der Waals surface area (Å²) < 4.78 is 2.37. The van der Waals surface area contributed by atoms with E-state index in [1.165, 1.54) is 87.9 Å². The van der Waals surface area contributed by atoms with Gasteiger partial charge in [-0.1, -0.05) is 188 Å². The third-order valence-corrected chi connectivity index (χ3v) is 12.8. The average molecular weight is 815 g/mol. The van der Waals surface area contributed by atoms with Gasteiger partial charge in [0.05, 0.1) is 11.0 Å². The maximum Gasteiger partial charge on any atom is 0.0541 e. The Bertz CT molecular complexity index is 3620. The van der Waals surface area contributed by atoms with Gasteiger partial charge in [-0.15, -0.1) is 0 Å². The molecule has 0 aliphatic heterocycles. The van der Waals surface area contributed by atoms with Gasteiger partial charge in [0.2, 0.25) is 0 Å². The van der Waals surface area contributed by atoms with Gasteiger partial charge in [-0.25, -0.2) is 0 Å². The lowest BCUT2D eigenvalue weighted by Gasteiger charge is -2.26. The zero-order chi connectivity index (χ0) is 42.4. The largest absolute Gasteiger partial charge is 0.310 e. The summed E-state index contributed by atoms with van der Waals surface area (Å²) in [4.78, 5) is 2.38. The van der Waals surface area contributed by atoms with Crippen LogP contribution in [-0.4, -0.2) is 4.57 Å². The zero-order valence-electron chi connectivity index (χ0n) is 35.1. The SMILES string of the molecule is c1ccc(-c2ccc(-c3ccc(N(c4ccc(-c5ccc6c(c5)c5ccccc5n6-c5ccccc5)cc4)c4cccc(-c5cccc6c5ccc5ccccc56)c4)cc3)cc2)cc1. The van der Waals surface area contributed by atoms with E-state index >= 15 is 0 Å². The van der Waals surface area contributed by atoms with Crippen molar-refractivity contribution < 1.29 is 0 Å². The van der Waals surface area contributed by atoms with Crippen molar-refractivity contribution in [3.8, 4) is 50.2 Å². The maximum absolute atomic E-state index is 2.38. The van der Waals surface area contributed by atoms with Gasteiger partial charge >= 0.3 is 0 Å². The summed E-state index contributed by atoms with van der Waals surface area (Å²) in [5, 5.41) is 7.54. The van der Waals surface area contributed by atoms with Gasteiger partial charge in [0, 0.05) is 33.5 Å². The molecule has 12 aromatic rings. The second-order valence-corrected chi connectivity index (χ2v) is 16.5. The molecular formula is C62H42N2. The van der Waals surface area contributed by atoms with Gasteiger partial charge in [-0.2, -0.15) is 0 Å². The Balaban J connectivity index is 0.941. The van der Waals surface area contributed by atoms with E-state index in [4.69, 9.17) is 0 Å². The highest BCUT2D eigenvalue weighted by molar-refractivity contribution is 6.12. The minimum absolute atomic E-state index is 1.09. The highest BCUT2D eigenvalue weighted by atomic mass is 15.1. The second kappa shape index (κ2) is 15.8. The van der Waals surface area contributed by atoms with Crippen molar-refractivity contribution in [3.05, 3.63) is 255 Å². The minimum Gasteiger partial charge on any atom is -0.310 e. The van der Waals surface area contributed by atoms with Crippen molar-refractivity contribution >= 4 is 60.4 Å². The Hall–Kier alpha value is -8.46. The van der Waals surface area contributed by atoms with Crippen LogP contribution in [0.2, 0.25) is 0 Å². The number of hydrogen-bond acceptors (Lipinski definition) is 1. The topological polar surface area (TPSA) is 8.17 Å². The van der Waals surface area contributed by atoms with Gasteiger partial charge in [0.25, 0.3) is 0 Å². The molecule has 12 rings (SSSR count). The fourth-order valence-corrected chi connectivity index (χ4v) is 9.65. The van der Waals surface area contributed by atoms with Crippen LogP contribution in [0.4, 0.5) is 17.1 Å². The molecule has 0 aliphatic rings. The molecule has 0 spiro atoms. The first kappa shape index (κ1) is 37.3. The average Bonchev–Trinajstić information content (AvgIpc) is 3.71. The third kappa shape index (κ3) is 6.61. The van der Waals surface area contributed by atoms with Crippen molar-refractivity contribution in [1.29, 1.82) is 0 Å². The first-order valence-electron chi connectivity index (χ1n) is 22.0. The number of aromatic nitrogens is 1. The molecule has 2 heteroatoms. The Morgan fingerprint density at radius 3 is 1.48 bits per heavy atom. The maximum atomic E-state index is 2.38. The molecule has 0 bridgehead atoms. The molecule has 0 amide bonds. The predicted octanol–water partition coefficient (Wildman–Crippen LogP) is 17.2. The van der Waals surface area contributed by atoms with E-state index in [0.29, 0.717) is 0 Å². The number of para-hydroxylation sites is 2. The molecule has 0 saturated carbocycles. The van der Waals surface area contributed by atoms with Crippen LogP contribution in [0.5, 0.6) is 0 Å². The van der Waals surface area contributed by atoms with Crippen molar-refractivity contribution in [3.63, 3.8) is 0 Å². The number of rotatable bonds is 8. The van der Waals surface area contributed by atoms with E-state index in [0.717, 1.165) is 22.7 Å². The number of fused-ring (bicyclic) bond motifs is 6. The molecule has 1 aromatic heterocycles. The van der Waals surface area contributed by atoms with Crippen LogP contribution in [0.25, 0.3) is 93.5 Å². The molecule has 2 nitrogen and oxygen atoms in total. The van der Waals surface area contributed by atoms with Crippen LogP contribution in [0.1, 0.15) is 0 Å². The Morgan fingerprint density at radius 2 is 0.766 bits per heavy atom. The van der Waals surface area contributed by atoms with E-state index in [9.17, 15) is 0 Å². The number of hydrogen-bond donors (Lipinski definition) is 0. The lowest BCUT2D eigenvalue weighted by Crippen LogP contribution is -2.10. The van der Waals surface area contributed by atoms with Crippen LogP contribution in [-0.2, 0) is 0 Å². The van der Waals surface area contributed by atoms with Gasteiger partial charge in [-0.05, 0) is 133 Å². The molecule has 1 heterocycles. The third-order valence-electron chi connectivity index (χ3n) is 12.8. The van der Waals surface area contributed by atoms with Gasteiger partial charge in [0.1, 0.15) is 0 Å². The summed E-state index contributed by atoms with van der Waals surface area (Å²) in [7, 11) is 0. The van der Waals surface area contributed by atoms with Crippen molar-refractivity contribution in [2.24, 2.45) is 0 Å². The molecule has 0 radical (unpaired) electrons. The van der Waals surface area contributed by atoms with E-state index in [-0.39, 0.29) is 0 Å². The van der Waals surface area contributed by atoms with Gasteiger partial charge < -0.3 is 9.47 Å². The molecule has 0 fully saturated rings. The van der Waals surface area contributed by atoms with E-state index in [1.807, 2.05) is 0 Å².